The third-order valence-corrected chi connectivity index (χ3v) is 3.55. The number of halogens is 3. The molecule has 0 N–H and O–H groups in total. The second-order valence-corrected chi connectivity index (χ2v) is 5.43. The summed E-state index contributed by atoms with van der Waals surface area (Å²) in [7, 11) is 0. The minimum absolute atomic E-state index is 0.0507. The van der Waals surface area contributed by atoms with E-state index in [-0.39, 0.29) is 17.8 Å². The number of anilines is 1. The van der Waals surface area contributed by atoms with Gasteiger partial charge in [0.1, 0.15) is 0 Å². The number of hydrogen-bond acceptors (Lipinski definition) is 3. The molecule has 0 bridgehead atoms. The first-order chi connectivity index (χ1) is 9.97. The van der Waals surface area contributed by atoms with Crippen LogP contribution in [-0.4, -0.2) is 16.7 Å². The zero-order valence-electron chi connectivity index (χ0n) is 10.4. The molecule has 7 heteroatoms. The van der Waals surface area contributed by atoms with Crippen LogP contribution in [-0.2, 0) is 11.3 Å². The van der Waals surface area contributed by atoms with Crippen molar-refractivity contribution in [3.05, 3.63) is 57.8 Å². The van der Waals surface area contributed by atoms with Crippen LogP contribution in [0.5, 0.6) is 0 Å². The molecule has 0 aliphatic carbocycles. The fourth-order valence-electron chi connectivity index (χ4n) is 2.17. The number of benzene rings is 1. The number of ketones is 1. The molecule has 1 aromatic carbocycles. The van der Waals surface area contributed by atoms with E-state index in [2.05, 4.69) is 20.9 Å². The van der Waals surface area contributed by atoms with Gasteiger partial charge in [-0.3, -0.25) is 14.6 Å². The molecule has 0 saturated carbocycles. The van der Waals surface area contributed by atoms with Crippen molar-refractivity contribution < 1.29 is 18.4 Å². The first-order valence-corrected chi connectivity index (χ1v) is 6.71. The van der Waals surface area contributed by atoms with E-state index in [1.165, 1.54) is 6.20 Å². The van der Waals surface area contributed by atoms with Gasteiger partial charge in [-0.05, 0) is 33.6 Å². The Balaban J connectivity index is 2.03. The van der Waals surface area contributed by atoms with Crippen LogP contribution in [0.25, 0.3) is 0 Å². The summed E-state index contributed by atoms with van der Waals surface area (Å²) in [5.74, 6) is -3.91. The topological polar surface area (TPSA) is 50.3 Å². The maximum atomic E-state index is 13.4. The van der Waals surface area contributed by atoms with E-state index in [4.69, 9.17) is 0 Å². The molecule has 106 valence electrons. The summed E-state index contributed by atoms with van der Waals surface area (Å²) in [5, 5.41) is 0. The van der Waals surface area contributed by atoms with Crippen molar-refractivity contribution in [3.8, 4) is 0 Å². The molecule has 0 atom stereocenters. The number of hydrogen-bond donors (Lipinski definition) is 0. The molecule has 21 heavy (non-hydrogen) atoms. The summed E-state index contributed by atoms with van der Waals surface area (Å²) in [6.45, 7) is 0.0507. The Labute approximate surface area is 126 Å². The van der Waals surface area contributed by atoms with Gasteiger partial charge in [-0.25, -0.2) is 8.78 Å². The van der Waals surface area contributed by atoms with Crippen molar-refractivity contribution in [2.45, 2.75) is 6.54 Å². The van der Waals surface area contributed by atoms with Crippen molar-refractivity contribution in [1.82, 2.24) is 4.98 Å². The van der Waals surface area contributed by atoms with Gasteiger partial charge in [0.2, 0.25) is 0 Å². The molecule has 2 aromatic rings. The van der Waals surface area contributed by atoms with E-state index < -0.39 is 23.3 Å². The number of nitrogens with zero attached hydrogens (tertiary/aromatic N) is 2. The normalized spacial score (nSPS) is 13.8. The van der Waals surface area contributed by atoms with Crippen LogP contribution in [0.1, 0.15) is 15.9 Å². The SMILES string of the molecule is O=C1C(=O)N(Cc2cncc(Br)c2)c2cc(F)c(F)cc21. The van der Waals surface area contributed by atoms with Crippen LogP contribution in [0.2, 0.25) is 0 Å². The minimum atomic E-state index is -1.15. The van der Waals surface area contributed by atoms with Crippen molar-refractivity contribution in [1.29, 1.82) is 0 Å². The lowest BCUT2D eigenvalue weighted by Crippen LogP contribution is -2.29. The van der Waals surface area contributed by atoms with Crippen molar-refractivity contribution in [2.75, 3.05) is 4.90 Å². The van der Waals surface area contributed by atoms with E-state index in [0.29, 0.717) is 10.0 Å². The number of fused-ring (bicyclic) bond motifs is 1. The largest absolute Gasteiger partial charge is 0.300 e. The number of pyridine rings is 1. The monoisotopic (exact) mass is 352 g/mol. The molecule has 1 aliphatic rings. The van der Waals surface area contributed by atoms with Crippen LogP contribution >= 0.6 is 15.9 Å². The Morgan fingerprint density at radius 1 is 1.10 bits per heavy atom. The number of amides is 1. The third kappa shape index (κ3) is 2.33. The molecule has 1 aromatic heterocycles. The van der Waals surface area contributed by atoms with Crippen molar-refractivity contribution in [2.24, 2.45) is 0 Å². The van der Waals surface area contributed by atoms with E-state index in [1.807, 2.05) is 0 Å². The summed E-state index contributed by atoms with van der Waals surface area (Å²) in [6.07, 6.45) is 3.10. The number of carbonyl (C=O) groups is 2. The highest BCUT2D eigenvalue weighted by atomic mass is 79.9. The lowest BCUT2D eigenvalue weighted by atomic mass is 10.1. The Morgan fingerprint density at radius 2 is 1.81 bits per heavy atom. The van der Waals surface area contributed by atoms with Crippen LogP contribution in [0, 0.1) is 11.6 Å². The van der Waals surface area contributed by atoms with E-state index in [9.17, 15) is 18.4 Å². The molecule has 0 fully saturated rings. The van der Waals surface area contributed by atoms with Gasteiger partial charge in [0.15, 0.2) is 11.6 Å². The molecule has 2 heterocycles. The van der Waals surface area contributed by atoms with Crippen molar-refractivity contribution >= 4 is 33.3 Å². The first-order valence-electron chi connectivity index (χ1n) is 5.92. The molecule has 3 rings (SSSR count). The first kappa shape index (κ1) is 13.8. The standard InChI is InChI=1S/C14H7BrF2N2O2/c15-8-1-7(4-18-5-8)6-19-12-3-11(17)10(16)2-9(12)13(20)14(19)21/h1-5H,6H2. The number of rotatable bonds is 2. The predicted octanol–water partition coefficient (Wildman–Crippen LogP) is 2.85. The van der Waals surface area contributed by atoms with Gasteiger partial charge < -0.3 is 4.90 Å². The van der Waals surface area contributed by atoms with Crippen molar-refractivity contribution in [3.63, 3.8) is 0 Å². The van der Waals surface area contributed by atoms with Gasteiger partial charge in [0.25, 0.3) is 11.7 Å². The second-order valence-electron chi connectivity index (χ2n) is 4.52. The molecular formula is C14H7BrF2N2O2. The lowest BCUT2D eigenvalue weighted by molar-refractivity contribution is -0.114. The lowest BCUT2D eigenvalue weighted by Gasteiger charge is -2.16. The smallest absolute Gasteiger partial charge is 0.299 e. The molecule has 1 amide bonds. The zero-order valence-corrected chi connectivity index (χ0v) is 12.0. The molecular weight excluding hydrogens is 346 g/mol. The van der Waals surface area contributed by atoms with E-state index in [0.717, 1.165) is 17.0 Å². The molecule has 0 spiro atoms. The molecule has 4 nitrogen and oxygen atoms in total. The molecule has 0 unspecified atom stereocenters. The average Bonchev–Trinajstić information content (AvgIpc) is 2.65. The van der Waals surface area contributed by atoms with Gasteiger partial charge in [0, 0.05) is 22.9 Å². The van der Waals surface area contributed by atoms with Crippen LogP contribution in [0.15, 0.2) is 35.1 Å². The number of carbonyl (C=O) groups excluding carboxylic acids is 2. The van der Waals surface area contributed by atoms with E-state index >= 15 is 0 Å². The molecule has 1 aliphatic heterocycles. The predicted molar refractivity (Wildman–Crippen MR) is 73.8 cm³/mol. The fourth-order valence-corrected chi connectivity index (χ4v) is 2.58. The highest BCUT2D eigenvalue weighted by Gasteiger charge is 2.37. The van der Waals surface area contributed by atoms with Gasteiger partial charge in [0.05, 0.1) is 17.8 Å². The number of Topliss-reactive ketones (excluding diaryl/α,β-unsaturated/α-hetero) is 1. The zero-order chi connectivity index (χ0) is 15.1. The Hall–Kier alpha value is -2.15. The van der Waals surface area contributed by atoms with Gasteiger partial charge in [-0.2, -0.15) is 0 Å². The Bertz CT molecular complexity index is 780. The van der Waals surface area contributed by atoms with Crippen LogP contribution in [0.3, 0.4) is 0 Å². The highest BCUT2D eigenvalue weighted by molar-refractivity contribution is 9.10. The average molecular weight is 353 g/mol. The maximum Gasteiger partial charge on any atom is 0.299 e. The quantitative estimate of drug-likeness (QED) is 0.781. The van der Waals surface area contributed by atoms with Crippen LogP contribution < -0.4 is 4.90 Å². The molecule has 0 radical (unpaired) electrons. The number of aromatic nitrogens is 1. The minimum Gasteiger partial charge on any atom is -0.300 e. The Morgan fingerprint density at radius 3 is 2.52 bits per heavy atom. The van der Waals surface area contributed by atoms with Gasteiger partial charge in [-0.1, -0.05) is 0 Å². The highest BCUT2D eigenvalue weighted by Crippen LogP contribution is 2.32. The fraction of sp³-hybridized carbons (Fsp3) is 0.0714. The van der Waals surface area contributed by atoms with Gasteiger partial charge >= 0.3 is 0 Å². The van der Waals surface area contributed by atoms with E-state index in [1.54, 1.807) is 12.3 Å². The summed E-state index contributed by atoms with van der Waals surface area (Å²) in [5.41, 5.74) is 0.605. The summed E-state index contributed by atoms with van der Waals surface area (Å²) in [6, 6.07) is 3.34. The second kappa shape index (κ2) is 5.00. The maximum absolute atomic E-state index is 13.4. The van der Waals surface area contributed by atoms with Crippen LogP contribution in [0.4, 0.5) is 14.5 Å². The Kier molecular flexibility index (Phi) is 3.29. The summed E-state index contributed by atoms with van der Waals surface area (Å²) >= 11 is 3.25. The molecule has 0 saturated heterocycles. The third-order valence-electron chi connectivity index (χ3n) is 3.12. The summed E-state index contributed by atoms with van der Waals surface area (Å²) in [4.78, 5) is 28.9. The summed E-state index contributed by atoms with van der Waals surface area (Å²) < 4.78 is 27.3. The van der Waals surface area contributed by atoms with Gasteiger partial charge in [-0.15, -0.1) is 0 Å².